The predicted octanol–water partition coefficient (Wildman–Crippen LogP) is 2.34. The molecular formula is C14H18N2O. The molecule has 1 heterocycles. The monoisotopic (exact) mass is 230 g/mol. The number of hydrogen-bond donors (Lipinski definition) is 2. The fourth-order valence-electron chi connectivity index (χ4n) is 1.78. The molecule has 2 aromatic rings. The molecule has 1 aromatic carbocycles. The molecule has 0 saturated heterocycles. The Hall–Kier alpha value is -1.58. The fraction of sp³-hybridized carbons (Fsp3) is 0.286. The van der Waals surface area contributed by atoms with Gasteiger partial charge in [-0.1, -0.05) is 24.3 Å². The van der Waals surface area contributed by atoms with Crippen LogP contribution in [0.25, 0.3) is 0 Å². The minimum atomic E-state index is 0.589. The summed E-state index contributed by atoms with van der Waals surface area (Å²) >= 11 is 0. The second kappa shape index (κ2) is 5.66. The molecule has 3 heteroatoms. The van der Waals surface area contributed by atoms with Crippen molar-refractivity contribution in [3.63, 3.8) is 0 Å². The van der Waals surface area contributed by atoms with Crippen molar-refractivity contribution in [2.45, 2.75) is 26.6 Å². The SMILES string of the molecule is Cc1ccc(CNCc2cccc(CN)c2)o1. The van der Waals surface area contributed by atoms with Crippen LogP contribution in [0.1, 0.15) is 22.6 Å². The van der Waals surface area contributed by atoms with Gasteiger partial charge >= 0.3 is 0 Å². The normalized spacial score (nSPS) is 10.7. The van der Waals surface area contributed by atoms with Crippen molar-refractivity contribution < 1.29 is 4.42 Å². The Labute approximate surface area is 102 Å². The van der Waals surface area contributed by atoms with Crippen molar-refractivity contribution in [3.05, 3.63) is 59.0 Å². The zero-order valence-corrected chi connectivity index (χ0v) is 10.1. The lowest BCUT2D eigenvalue weighted by molar-refractivity contribution is 0.461. The zero-order valence-electron chi connectivity index (χ0n) is 10.1. The average Bonchev–Trinajstić information content (AvgIpc) is 2.75. The van der Waals surface area contributed by atoms with Gasteiger partial charge in [0.25, 0.3) is 0 Å². The van der Waals surface area contributed by atoms with E-state index in [0.29, 0.717) is 6.54 Å². The van der Waals surface area contributed by atoms with E-state index in [1.165, 1.54) is 5.56 Å². The summed E-state index contributed by atoms with van der Waals surface area (Å²) in [6.07, 6.45) is 0. The number of furan rings is 1. The summed E-state index contributed by atoms with van der Waals surface area (Å²) < 4.78 is 5.48. The van der Waals surface area contributed by atoms with Gasteiger partial charge in [-0.2, -0.15) is 0 Å². The highest BCUT2D eigenvalue weighted by Crippen LogP contribution is 2.07. The summed E-state index contributed by atoms with van der Waals surface area (Å²) in [6.45, 7) is 4.12. The Bertz CT molecular complexity index is 477. The lowest BCUT2D eigenvalue weighted by Gasteiger charge is -2.05. The minimum absolute atomic E-state index is 0.589. The lowest BCUT2D eigenvalue weighted by Crippen LogP contribution is -2.12. The third-order valence-electron chi connectivity index (χ3n) is 2.65. The smallest absolute Gasteiger partial charge is 0.117 e. The molecule has 0 aliphatic carbocycles. The highest BCUT2D eigenvalue weighted by Gasteiger charge is 1.98. The van der Waals surface area contributed by atoms with Crippen molar-refractivity contribution in [2.24, 2.45) is 5.73 Å². The van der Waals surface area contributed by atoms with Gasteiger partial charge < -0.3 is 15.5 Å². The average molecular weight is 230 g/mol. The van der Waals surface area contributed by atoms with Gasteiger partial charge in [-0.25, -0.2) is 0 Å². The van der Waals surface area contributed by atoms with E-state index in [0.717, 1.165) is 30.2 Å². The molecule has 0 saturated carbocycles. The number of rotatable bonds is 5. The van der Waals surface area contributed by atoms with Gasteiger partial charge in [-0.15, -0.1) is 0 Å². The van der Waals surface area contributed by atoms with Crippen LogP contribution in [0.15, 0.2) is 40.8 Å². The summed E-state index contributed by atoms with van der Waals surface area (Å²) in [5.74, 6) is 1.92. The topological polar surface area (TPSA) is 51.2 Å². The van der Waals surface area contributed by atoms with Crippen LogP contribution in [0.4, 0.5) is 0 Å². The summed E-state index contributed by atoms with van der Waals surface area (Å²) in [6, 6.07) is 12.3. The quantitative estimate of drug-likeness (QED) is 0.829. The van der Waals surface area contributed by atoms with Gasteiger partial charge in [0.05, 0.1) is 6.54 Å². The first-order valence-electron chi connectivity index (χ1n) is 5.82. The molecule has 0 aliphatic heterocycles. The van der Waals surface area contributed by atoms with Crippen LogP contribution in [-0.4, -0.2) is 0 Å². The molecule has 90 valence electrons. The second-order valence-corrected chi connectivity index (χ2v) is 4.14. The van der Waals surface area contributed by atoms with Gasteiger partial charge in [0.1, 0.15) is 11.5 Å². The molecule has 0 spiro atoms. The molecule has 0 unspecified atom stereocenters. The molecule has 0 radical (unpaired) electrons. The lowest BCUT2D eigenvalue weighted by atomic mass is 10.1. The van der Waals surface area contributed by atoms with Gasteiger partial charge in [0.15, 0.2) is 0 Å². The summed E-state index contributed by atoms with van der Waals surface area (Å²) in [7, 11) is 0. The molecule has 3 nitrogen and oxygen atoms in total. The van der Waals surface area contributed by atoms with Crippen LogP contribution in [-0.2, 0) is 19.6 Å². The van der Waals surface area contributed by atoms with Gasteiger partial charge in [-0.05, 0) is 30.2 Å². The maximum atomic E-state index is 5.61. The minimum Gasteiger partial charge on any atom is -0.465 e. The van der Waals surface area contributed by atoms with Gasteiger partial charge in [0, 0.05) is 13.1 Å². The third-order valence-corrected chi connectivity index (χ3v) is 2.65. The maximum Gasteiger partial charge on any atom is 0.117 e. The second-order valence-electron chi connectivity index (χ2n) is 4.14. The largest absolute Gasteiger partial charge is 0.465 e. The predicted molar refractivity (Wildman–Crippen MR) is 68.3 cm³/mol. The number of aryl methyl sites for hydroxylation is 1. The van der Waals surface area contributed by atoms with Crippen LogP contribution in [0.5, 0.6) is 0 Å². The van der Waals surface area contributed by atoms with E-state index >= 15 is 0 Å². The Morgan fingerprint density at radius 2 is 1.94 bits per heavy atom. The van der Waals surface area contributed by atoms with E-state index in [2.05, 4.69) is 17.4 Å². The summed E-state index contributed by atoms with van der Waals surface area (Å²) in [4.78, 5) is 0. The Morgan fingerprint density at radius 3 is 2.65 bits per heavy atom. The molecule has 0 fully saturated rings. The third kappa shape index (κ3) is 3.44. The van der Waals surface area contributed by atoms with Crippen molar-refractivity contribution in [3.8, 4) is 0 Å². The van der Waals surface area contributed by atoms with Crippen molar-refractivity contribution in [2.75, 3.05) is 0 Å². The van der Waals surface area contributed by atoms with Crippen LogP contribution >= 0.6 is 0 Å². The highest BCUT2D eigenvalue weighted by atomic mass is 16.3. The van der Waals surface area contributed by atoms with Crippen LogP contribution in [0, 0.1) is 6.92 Å². The van der Waals surface area contributed by atoms with E-state index in [4.69, 9.17) is 10.2 Å². The summed E-state index contributed by atoms with van der Waals surface area (Å²) in [5.41, 5.74) is 8.02. The first-order chi connectivity index (χ1) is 8.28. The Kier molecular flexibility index (Phi) is 3.96. The first kappa shape index (κ1) is 11.9. The van der Waals surface area contributed by atoms with Crippen LogP contribution in [0.2, 0.25) is 0 Å². The molecule has 0 aliphatic rings. The van der Waals surface area contributed by atoms with E-state index in [1.54, 1.807) is 0 Å². The number of nitrogens with two attached hydrogens (primary N) is 1. The molecule has 0 bridgehead atoms. The molecular weight excluding hydrogens is 212 g/mol. The van der Waals surface area contributed by atoms with E-state index in [-0.39, 0.29) is 0 Å². The highest BCUT2D eigenvalue weighted by molar-refractivity contribution is 5.23. The van der Waals surface area contributed by atoms with E-state index in [9.17, 15) is 0 Å². The van der Waals surface area contributed by atoms with Gasteiger partial charge in [-0.3, -0.25) is 0 Å². The van der Waals surface area contributed by atoms with E-state index in [1.807, 2.05) is 31.2 Å². The molecule has 2 rings (SSSR count). The van der Waals surface area contributed by atoms with Crippen molar-refractivity contribution in [1.29, 1.82) is 0 Å². The van der Waals surface area contributed by atoms with Crippen LogP contribution < -0.4 is 11.1 Å². The number of nitrogens with one attached hydrogen (secondary N) is 1. The summed E-state index contributed by atoms with van der Waals surface area (Å²) in [5, 5.41) is 3.35. The molecule has 0 atom stereocenters. The first-order valence-corrected chi connectivity index (χ1v) is 5.82. The standard InChI is InChI=1S/C14H18N2O/c1-11-5-6-14(17-11)10-16-9-13-4-2-3-12(7-13)8-15/h2-7,16H,8-10,15H2,1H3. The van der Waals surface area contributed by atoms with Crippen molar-refractivity contribution >= 4 is 0 Å². The maximum absolute atomic E-state index is 5.61. The number of benzene rings is 1. The molecule has 3 N–H and O–H groups in total. The fourth-order valence-corrected chi connectivity index (χ4v) is 1.78. The molecule has 17 heavy (non-hydrogen) atoms. The molecule has 1 aromatic heterocycles. The number of hydrogen-bond acceptors (Lipinski definition) is 3. The molecule has 0 amide bonds. The van der Waals surface area contributed by atoms with Crippen molar-refractivity contribution in [1.82, 2.24) is 5.32 Å². The Balaban J connectivity index is 1.85. The van der Waals surface area contributed by atoms with E-state index < -0.39 is 0 Å². The van der Waals surface area contributed by atoms with Crippen LogP contribution in [0.3, 0.4) is 0 Å². The Morgan fingerprint density at radius 1 is 1.12 bits per heavy atom. The zero-order chi connectivity index (χ0) is 12.1. The van der Waals surface area contributed by atoms with Gasteiger partial charge in [0.2, 0.25) is 0 Å².